The molecule has 1 heteroatoms. The SMILES string of the molecule is CCCc1ccc(C2CCC(/C=C/C#Cc3ccc(Cl)cc3)CC2)cc1. The van der Waals surface area contributed by atoms with Crippen molar-refractivity contribution in [3.05, 3.63) is 82.4 Å². The molecule has 0 saturated heterocycles. The van der Waals surface area contributed by atoms with Gasteiger partial charge in [-0.05, 0) is 85.4 Å². The molecular formula is C25H27Cl. The second-order valence-corrected chi connectivity index (χ2v) is 7.68. The van der Waals surface area contributed by atoms with Crippen LogP contribution in [0.1, 0.15) is 61.6 Å². The maximum absolute atomic E-state index is 5.89. The zero-order valence-corrected chi connectivity index (χ0v) is 16.3. The molecule has 0 atom stereocenters. The fraction of sp³-hybridized carbons (Fsp3) is 0.360. The Morgan fingerprint density at radius 3 is 2.31 bits per heavy atom. The summed E-state index contributed by atoms with van der Waals surface area (Å²) in [4.78, 5) is 0. The molecule has 0 N–H and O–H groups in total. The van der Waals surface area contributed by atoms with Crippen molar-refractivity contribution in [2.45, 2.75) is 51.4 Å². The summed E-state index contributed by atoms with van der Waals surface area (Å²) in [6.45, 7) is 2.24. The van der Waals surface area contributed by atoms with Crippen LogP contribution in [-0.4, -0.2) is 0 Å². The van der Waals surface area contributed by atoms with Crippen molar-refractivity contribution in [3.63, 3.8) is 0 Å². The van der Waals surface area contributed by atoms with E-state index in [1.54, 1.807) is 0 Å². The molecule has 0 amide bonds. The van der Waals surface area contributed by atoms with Crippen molar-refractivity contribution in [2.75, 3.05) is 0 Å². The summed E-state index contributed by atoms with van der Waals surface area (Å²) in [5, 5.41) is 0.753. The molecule has 3 rings (SSSR count). The number of rotatable bonds is 4. The Hall–Kier alpha value is -1.97. The van der Waals surface area contributed by atoms with Gasteiger partial charge in [0.2, 0.25) is 0 Å². The van der Waals surface area contributed by atoms with Gasteiger partial charge in [-0.15, -0.1) is 0 Å². The van der Waals surface area contributed by atoms with Crippen LogP contribution in [0.2, 0.25) is 5.02 Å². The average molecular weight is 363 g/mol. The van der Waals surface area contributed by atoms with Crippen molar-refractivity contribution in [1.82, 2.24) is 0 Å². The first-order valence-electron chi connectivity index (χ1n) is 9.77. The smallest absolute Gasteiger partial charge is 0.0406 e. The average Bonchev–Trinajstić information content (AvgIpc) is 2.68. The van der Waals surface area contributed by atoms with Crippen LogP contribution in [0.4, 0.5) is 0 Å². The van der Waals surface area contributed by atoms with E-state index in [4.69, 9.17) is 11.6 Å². The van der Waals surface area contributed by atoms with E-state index in [0.717, 1.165) is 16.5 Å². The lowest BCUT2D eigenvalue weighted by Gasteiger charge is -2.27. The summed E-state index contributed by atoms with van der Waals surface area (Å²) in [5.41, 5.74) is 4.00. The lowest BCUT2D eigenvalue weighted by atomic mass is 9.78. The number of hydrogen-bond donors (Lipinski definition) is 0. The Morgan fingerprint density at radius 1 is 0.962 bits per heavy atom. The van der Waals surface area contributed by atoms with E-state index >= 15 is 0 Å². The van der Waals surface area contributed by atoms with Crippen molar-refractivity contribution in [3.8, 4) is 11.8 Å². The van der Waals surface area contributed by atoms with Gasteiger partial charge in [0.1, 0.15) is 0 Å². The van der Waals surface area contributed by atoms with Crippen molar-refractivity contribution in [1.29, 1.82) is 0 Å². The van der Waals surface area contributed by atoms with Crippen LogP contribution in [0.3, 0.4) is 0 Å². The van der Waals surface area contributed by atoms with Crippen LogP contribution >= 0.6 is 11.6 Å². The third-order valence-electron chi connectivity index (χ3n) is 5.27. The molecule has 1 aliphatic rings. The molecule has 134 valence electrons. The van der Waals surface area contributed by atoms with Gasteiger partial charge in [0.25, 0.3) is 0 Å². The summed E-state index contributed by atoms with van der Waals surface area (Å²) < 4.78 is 0. The maximum atomic E-state index is 5.89. The second kappa shape index (κ2) is 9.65. The van der Waals surface area contributed by atoms with E-state index in [2.05, 4.69) is 49.1 Å². The second-order valence-electron chi connectivity index (χ2n) is 7.24. The van der Waals surface area contributed by atoms with E-state index in [0.29, 0.717) is 5.92 Å². The van der Waals surface area contributed by atoms with Gasteiger partial charge in [0.15, 0.2) is 0 Å². The van der Waals surface area contributed by atoms with Gasteiger partial charge in [-0.2, -0.15) is 0 Å². The number of allylic oxidation sites excluding steroid dienone is 2. The van der Waals surface area contributed by atoms with Crippen molar-refractivity contribution < 1.29 is 0 Å². The lowest BCUT2D eigenvalue weighted by Crippen LogP contribution is -2.11. The van der Waals surface area contributed by atoms with E-state index in [1.165, 1.54) is 49.7 Å². The third kappa shape index (κ3) is 5.52. The van der Waals surface area contributed by atoms with Crippen LogP contribution in [-0.2, 0) is 6.42 Å². The molecular weight excluding hydrogens is 336 g/mol. The lowest BCUT2D eigenvalue weighted by molar-refractivity contribution is 0.376. The van der Waals surface area contributed by atoms with Crippen LogP contribution in [0.5, 0.6) is 0 Å². The van der Waals surface area contributed by atoms with Crippen LogP contribution in [0, 0.1) is 17.8 Å². The van der Waals surface area contributed by atoms with Gasteiger partial charge in [-0.3, -0.25) is 0 Å². The molecule has 1 aliphatic carbocycles. The van der Waals surface area contributed by atoms with Crippen LogP contribution in [0.25, 0.3) is 0 Å². The molecule has 2 aromatic carbocycles. The Labute approximate surface area is 163 Å². The summed E-state index contributed by atoms with van der Waals surface area (Å²) in [6.07, 6.45) is 11.8. The van der Waals surface area contributed by atoms with Crippen molar-refractivity contribution in [2.24, 2.45) is 5.92 Å². The summed E-state index contributed by atoms with van der Waals surface area (Å²) in [5.74, 6) is 7.73. The van der Waals surface area contributed by atoms with Gasteiger partial charge in [-0.25, -0.2) is 0 Å². The minimum Gasteiger partial charge on any atom is -0.0843 e. The zero-order chi connectivity index (χ0) is 18.2. The summed E-state index contributed by atoms with van der Waals surface area (Å²) in [6, 6.07) is 17.0. The molecule has 0 heterocycles. The molecule has 26 heavy (non-hydrogen) atoms. The predicted octanol–water partition coefficient (Wildman–Crippen LogP) is 7.17. The van der Waals surface area contributed by atoms with E-state index in [-0.39, 0.29) is 0 Å². The Morgan fingerprint density at radius 2 is 1.65 bits per heavy atom. The van der Waals surface area contributed by atoms with Crippen LogP contribution < -0.4 is 0 Å². The molecule has 0 radical (unpaired) electrons. The molecule has 1 saturated carbocycles. The topological polar surface area (TPSA) is 0 Å². The highest BCUT2D eigenvalue weighted by Gasteiger charge is 2.20. The summed E-state index contributed by atoms with van der Waals surface area (Å²) >= 11 is 5.89. The first kappa shape index (κ1) is 18.8. The van der Waals surface area contributed by atoms with Crippen LogP contribution in [0.15, 0.2) is 60.7 Å². The molecule has 1 fully saturated rings. The van der Waals surface area contributed by atoms with E-state index in [1.807, 2.05) is 30.3 Å². The van der Waals surface area contributed by atoms with Gasteiger partial charge in [0.05, 0.1) is 0 Å². The first-order chi connectivity index (χ1) is 12.7. The van der Waals surface area contributed by atoms with Gasteiger partial charge < -0.3 is 0 Å². The minimum absolute atomic E-state index is 0.671. The molecule has 2 aromatic rings. The third-order valence-corrected chi connectivity index (χ3v) is 5.53. The number of hydrogen-bond acceptors (Lipinski definition) is 0. The molecule has 0 bridgehead atoms. The van der Waals surface area contributed by atoms with E-state index in [9.17, 15) is 0 Å². The van der Waals surface area contributed by atoms with Gasteiger partial charge in [0, 0.05) is 10.6 Å². The monoisotopic (exact) mass is 362 g/mol. The van der Waals surface area contributed by atoms with Crippen molar-refractivity contribution >= 4 is 11.6 Å². The van der Waals surface area contributed by atoms with Gasteiger partial charge in [-0.1, -0.05) is 67.1 Å². The summed E-state index contributed by atoms with van der Waals surface area (Å²) in [7, 11) is 0. The van der Waals surface area contributed by atoms with E-state index < -0.39 is 0 Å². The first-order valence-corrected chi connectivity index (χ1v) is 10.1. The largest absolute Gasteiger partial charge is 0.0843 e. The highest BCUT2D eigenvalue weighted by molar-refractivity contribution is 6.30. The molecule has 0 nitrogen and oxygen atoms in total. The fourth-order valence-electron chi connectivity index (χ4n) is 3.73. The Balaban J connectivity index is 1.48. The fourth-order valence-corrected chi connectivity index (χ4v) is 3.86. The number of halogens is 1. The Kier molecular flexibility index (Phi) is 6.98. The molecule has 0 unspecified atom stereocenters. The predicted molar refractivity (Wildman–Crippen MR) is 113 cm³/mol. The highest BCUT2D eigenvalue weighted by Crippen LogP contribution is 2.36. The number of benzene rings is 2. The number of aryl methyl sites for hydroxylation is 1. The quantitative estimate of drug-likeness (QED) is 0.505. The molecule has 0 aromatic heterocycles. The Bertz CT molecular complexity index is 764. The zero-order valence-electron chi connectivity index (χ0n) is 15.5. The maximum Gasteiger partial charge on any atom is 0.0406 e. The molecule has 0 aliphatic heterocycles. The highest BCUT2D eigenvalue weighted by atomic mass is 35.5. The molecule has 0 spiro atoms. The standard InChI is InChI=1S/C25H27Cl/c1-2-5-20-8-14-23(15-9-20)24-16-10-21(11-17-24)6-3-4-7-22-12-18-25(26)19-13-22/h3,6,8-9,12-15,18-19,21,24H,2,5,10-11,16-17H2,1H3/b6-3+. The van der Waals surface area contributed by atoms with Gasteiger partial charge >= 0.3 is 0 Å². The minimum atomic E-state index is 0.671. The normalized spacial score (nSPS) is 19.9.